The smallest absolute Gasteiger partial charge is 0.337 e. The van der Waals surface area contributed by atoms with Gasteiger partial charge in [0.05, 0.1) is 97.3 Å². The molecule has 0 aliphatic carbocycles. The molecule has 0 saturated heterocycles. The monoisotopic (exact) mass is 2270 g/mol. The van der Waals surface area contributed by atoms with Crippen LogP contribution in [0.15, 0.2) is 301 Å². The molecule has 0 aliphatic heterocycles. The second-order valence-corrected chi connectivity index (χ2v) is 43.5. The van der Waals surface area contributed by atoms with Crippen molar-refractivity contribution in [2.24, 2.45) is 5.90 Å². The summed E-state index contributed by atoms with van der Waals surface area (Å²) >= 11 is 36.8. The largest absolute Gasteiger partial charge is 1.00 e. The number of methoxy groups -OCH3 is 2. The van der Waals surface area contributed by atoms with Gasteiger partial charge in [0.25, 0.3) is 12.3 Å². The molecule has 0 spiro atoms. The zero-order chi connectivity index (χ0) is 98.3. The summed E-state index contributed by atoms with van der Waals surface area (Å²) in [5.74, 6) is 7.34. The minimum atomic E-state index is -3.60. The van der Waals surface area contributed by atoms with Gasteiger partial charge in [-0.05, 0) is 153 Å². The van der Waals surface area contributed by atoms with Gasteiger partial charge in [-0.3, -0.25) is 0 Å². The average Bonchev–Trinajstić information content (AvgIpc) is 1.83. The number of phenols is 1. The van der Waals surface area contributed by atoms with Crippen LogP contribution in [0.2, 0.25) is 20.1 Å². The Balaban J connectivity index is 0.000000219. The van der Waals surface area contributed by atoms with Crippen molar-refractivity contribution in [1.82, 2.24) is 73.8 Å². The highest BCUT2D eigenvalue weighted by molar-refractivity contribution is 9.08. The van der Waals surface area contributed by atoms with Gasteiger partial charge >= 0.3 is 32.2 Å². The van der Waals surface area contributed by atoms with Crippen LogP contribution in [0.25, 0.3) is 0 Å². The molecular weight excluding hydrogens is 2180 g/mol. The van der Waals surface area contributed by atoms with Gasteiger partial charge in [-0.1, -0.05) is 184 Å². The summed E-state index contributed by atoms with van der Waals surface area (Å²) in [5.41, 5.74) is 12.3. The number of esters is 2. The van der Waals surface area contributed by atoms with Crippen molar-refractivity contribution in [2.45, 2.75) is 81.5 Å². The maximum absolute atomic E-state index is 11.3. The molecule has 46 heteroatoms. The van der Waals surface area contributed by atoms with Crippen molar-refractivity contribution in [1.29, 1.82) is 5.26 Å². The summed E-state index contributed by atoms with van der Waals surface area (Å²) in [6.45, 7) is 9.92. The van der Waals surface area contributed by atoms with Crippen molar-refractivity contribution in [3.05, 3.63) is 369 Å². The van der Waals surface area contributed by atoms with E-state index in [0.29, 0.717) is 76.9 Å². The number of hydrogen-bond donors (Lipinski definition) is 4. The number of nitrogens with two attached hydrogens (primary N) is 1. The Bertz CT molecular complexity index is 6480. The number of aromatic hydroxyl groups is 1. The SMILES string of the molecule is COC(=O)c1cccc(CBr)c1.COC(=O)c1cccc(Cn2cncn2)c1.CS(=O)(=O)Oc1ccc(S)cc1Cl.CS(=O)(=O)Oc1ccc(SCc2cccc(Cn3cncn3)c2)cc1Cl.C[P+](C)(C)CC#N.NOOSOc1ccc(SCc2cccc(Cn3cncn3)c2)cc1Cl.OCc1cccc(Cn2cncn2)c1.Oc1ccc(SCc2cccc(Cn3cncn3)c2)cc1Cl.[I-]. The Labute approximate surface area is 862 Å². The second-order valence-electron chi connectivity index (χ2n) is 29.2. The lowest BCUT2D eigenvalue weighted by molar-refractivity contribution is -0.199. The molecule has 137 heavy (non-hydrogen) atoms. The molecule has 15 aromatic rings. The third kappa shape index (κ3) is 45.1. The summed E-state index contributed by atoms with van der Waals surface area (Å²) in [5, 5.41) is 49.0. The van der Waals surface area contributed by atoms with Gasteiger partial charge < -0.3 is 56.2 Å². The van der Waals surface area contributed by atoms with E-state index in [1.54, 1.807) is 157 Å². The standard InChI is InChI=1S/C17H16ClN3O3S2.C16H15ClN4O3S2.C16H14ClN3OS.C11H11N3O2.C10H11N3O.C9H9BrO2.C7H7ClO3S2.C5H11NP.HI/c1-26(22,23)24-17-6-5-15(8-16(17)18)25-10-14-4-2-3-13(7-14)9-21-12-19-11-20-21;17-15-7-14(4-5-16(15)22-26-24-23-18)25-9-13-3-1-2-12(6-13)8-21-11-19-10-20-21;17-15-7-14(4-5-16(15)21)22-9-13-3-1-2-12(6-13)8-20-11-18-10-19-20;1-16-11(15)10-4-2-3-9(5-10)6-14-8-12-7-13-14;14-6-10-3-1-2-9(4-10)5-13-8-11-7-12-13;1-12-9(11)8-4-2-3-7(5-8)6-10;1-13(9,10)11-7-3-2-5(12)4-6(7)8;1-7(2,3)5-4-6;/h2-8,11-12H,9-10H2,1H3;1-7,10-11H,8-9,18H2;1-7,10-11,21H,8-9H2;2-5,7-8H,6H2,1H3;1-4,7-8,14H,5-6H2;2-5H,6H2,1H3;2-4,12H,1H3;5H2,1-3H3;1H/q;;;;;;;+1;/p-1. The third-order valence-electron chi connectivity index (χ3n) is 17.1. The van der Waals surface area contributed by atoms with Crippen LogP contribution in [-0.4, -0.2) is 166 Å². The van der Waals surface area contributed by atoms with Crippen LogP contribution >= 0.6 is 130 Å². The number of carbonyl (C=O) groups is 2. The molecule has 15 rings (SSSR count). The minimum Gasteiger partial charge on any atom is -1.00 e. The van der Waals surface area contributed by atoms with Crippen LogP contribution < -0.4 is 42.4 Å². The predicted molar refractivity (Wildman–Crippen MR) is 540 cm³/mol. The number of rotatable bonds is 32. The van der Waals surface area contributed by atoms with E-state index in [1.807, 2.05) is 91.0 Å². The maximum Gasteiger partial charge on any atom is 0.337 e. The van der Waals surface area contributed by atoms with E-state index in [-0.39, 0.29) is 69.8 Å². The third-order valence-corrected chi connectivity index (χ3v) is 24.9. The van der Waals surface area contributed by atoms with Crippen molar-refractivity contribution in [2.75, 3.05) is 52.9 Å². The molecule has 0 saturated carbocycles. The number of aliphatic hydroxyl groups excluding tert-OH is 1. The van der Waals surface area contributed by atoms with Crippen LogP contribution in [0.3, 0.4) is 0 Å². The summed E-state index contributed by atoms with van der Waals surface area (Å²) in [6.07, 6.45) is 18.7. The normalized spacial score (nSPS) is 10.6. The molecule has 4 N–H and O–H groups in total. The summed E-state index contributed by atoms with van der Waals surface area (Å²) in [4.78, 5) is 49.5. The molecule has 10 aromatic carbocycles. The fourth-order valence-corrected chi connectivity index (χ4v) is 17.2. The van der Waals surface area contributed by atoms with E-state index in [2.05, 4.69) is 177 Å². The Morgan fingerprint density at radius 3 is 1.09 bits per heavy atom. The highest BCUT2D eigenvalue weighted by Crippen LogP contribution is 2.45. The maximum atomic E-state index is 11.3. The van der Waals surface area contributed by atoms with Gasteiger partial charge in [0.1, 0.15) is 81.3 Å². The number of aliphatic hydroxyl groups is 1. The quantitative estimate of drug-likeness (QED) is 0.00260. The molecular formula is C91H94BrCl4IN17O15PS7. The summed E-state index contributed by atoms with van der Waals surface area (Å²) in [6, 6.07) is 69.9. The van der Waals surface area contributed by atoms with E-state index < -0.39 is 27.5 Å². The molecule has 0 unspecified atom stereocenters. The number of benzene rings is 10. The first-order valence-electron chi connectivity index (χ1n) is 40.0. The molecule has 0 radical (unpaired) electrons. The van der Waals surface area contributed by atoms with Crippen LogP contribution in [0.5, 0.6) is 23.0 Å². The minimum absolute atomic E-state index is 0. The predicted octanol–water partition coefficient (Wildman–Crippen LogP) is 16.3. The number of alkyl halides is 1. The number of thioether (sulfide) groups is 3. The van der Waals surface area contributed by atoms with Crippen LogP contribution in [0.1, 0.15) is 76.4 Å². The first kappa shape index (κ1) is 114. The van der Waals surface area contributed by atoms with Crippen molar-refractivity contribution < 1.29 is 92.0 Å². The van der Waals surface area contributed by atoms with Crippen molar-refractivity contribution in [3.8, 4) is 29.1 Å². The summed E-state index contributed by atoms with van der Waals surface area (Å²) in [7, 11) is -5.15. The molecule has 5 heterocycles. The van der Waals surface area contributed by atoms with Gasteiger partial charge in [-0.2, -0.15) is 53.5 Å². The lowest BCUT2D eigenvalue weighted by atomic mass is 10.1. The molecule has 722 valence electrons. The van der Waals surface area contributed by atoms with Gasteiger partial charge in [0.15, 0.2) is 17.2 Å². The number of nitrogens with zero attached hydrogens (tertiary/aromatic N) is 16. The van der Waals surface area contributed by atoms with Crippen molar-refractivity contribution in [3.63, 3.8) is 0 Å². The zero-order valence-electron chi connectivity index (χ0n) is 74.4. The highest BCUT2D eigenvalue weighted by Gasteiger charge is 2.17. The number of hydrogen-bond acceptors (Lipinski definition) is 32. The Kier molecular flexibility index (Phi) is 50.4. The van der Waals surface area contributed by atoms with Crippen LogP contribution in [0, 0.1) is 11.3 Å². The van der Waals surface area contributed by atoms with Gasteiger partial charge in [0.2, 0.25) is 0 Å². The van der Waals surface area contributed by atoms with Gasteiger partial charge in [0, 0.05) is 69.4 Å². The fraction of sp³-hybridized carbons (Fsp3) is 0.198. The van der Waals surface area contributed by atoms with E-state index in [1.165, 1.54) is 85.8 Å². The van der Waals surface area contributed by atoms with Crippen molar-refractivity contribution >= 4 is 162 Å². The van der Waals surface area contributed by atoms with E-state index in [9.17, 15) is 31.5 Å². The number of halogens is 6. The number of thiol groups is 1. The molecule has 0 atom stereocenters. The molecule has 0 amide bonds. The Morgan fingerprint density at radius 2 is 0.781 bits per heavy atom. The molecule has 5 aromatic heterocycles. The molecule has 0 fully saturated rings. The number of aromatic nitrogens is 15. The zero-order valence-corrected chi connectivity index (χ0v) is 87.8. The number of carbonyl (C=O) groups excluding carboxylic acids is 2. The van der Waals surface area contributed by atoms with E-state index in [0.717, 1.165) is 83.8 Å². The lowest BCUT2D eigenvalue weighted by Gasteiger charge is -2.08. The Morgan fingerprint density at radius 1 is 0.460 bits per heavy atom. The number of nitriles is 1. The first-order chi connectivity index (χ1) is 65.2. The highest BCUT2D eigenvalue weighted by atomic mass is 127. The molecule has 0 bridgehead atoms. The Hall–Kier alpha value is -10.2. The average molecular weight is 2270 g/mol. The van der Waals surface area contributed by atoms with Crippen LogP contribution in [0.4, 0.5) is 0 Å². The van der Waals surface area contributed by atoms with E-state index >= 15 is 0 Å². The van der Waals surface area contributed by atoms with Crippen LogP contribution in [-0.2, 0) is 101 Å². The van der Waals surface area contributed by atoms with E-state index in [4.69, 9.17) is 71.0 Å². The number of phenolic OH excluding ortho intramolecular Hbond substituents is 1. The second kappa shape index (κ2) is 60.6. The van der Waals surface area contributed by atoms with Gasteiger partial charge in [-0.15, -0.1) is 57.2 Å². The molecule has 32 nitrogen and oxygen atoms in total. The topological polar surface area (TPSA) is 411 Å². The lowest BCUT2D eigenvalue weighted by Crippen LogP contribution is -3.00. The van der Waals surface area contributed by atoms with Gasteiger partial charge in [-0.25, -0.2) is 57.9 Å². The first-order valence-corrected chi connectivity index (χ1v) is 53.6. The summed E-state index contributed by atoms with van der Waals surface area (Å²) < 4.78 is 80.9. The molecule has 0 aliphatic rings. The fourth-order valence-electron chi connectivity index (χ4n) is 11.1. The number of ether oxygens (including phenoxy) is 2.